The quantitative estimate of drug-likeness (QED) is 0.371. The fourth-order valence-electron chi connectivity index (χ4n) is 4.01. The predicted molar refractivity (Wildman–Crippen MR) is 149 cm³/mol. The predicted octanol–water partition coefficient (Wildman–Crippen LogP) is 5.04. The molecule has 2 N–H and O–H groups in total. The molecule has 0 aliphatic carbocycles. The molecular formula is C27H27Cl2N3O5S. The zero-order valence-corrected chi connectivity index (χ0v) is 22.9. The van der Waals surface area contributed by atoms with Gasteiger partial charge in [0.15, 0.2) is 0 Å². The van der Waals surface area contributed by atoms with Gasteiger partial charge in [0.05, 0.1) is 38.0 Å². The minimum atomic E-state index is -4.15. The molecule has 2 amide bonds. The third-order valence-corrected chi connectivity index (χ3v) is 8.57. The van der Waals surface area contributed by atoms with E-state index in [1.54, 1.807) is 36.4 Å². The maximum absolute atomic E-state index is 13.6. The molecule has 1 atom stereocenters. The van der Waals surface area contributed by atoms with Gasteiger partial charge >= 0.3 is 0 Å². The van der Waals surface area contributed by atoms with Crippen LogP contribution in [0.15, 0.2) is 71.6 Å². The number of para-hydroxylation sites is 1. The summed E-state index contributed by atoms with van der Waals surface area (Å²) in [5, 5.41) is 5.90. The van der Waals surface area contributed by atoms with E-state index < -0.39 is 22.5 Å². The maximum Gasteiger partial charge on any atom is 0.264 e. The van der Waals surface area contributed by atoms with E-state index >= 15 is 0 Å². The molecule has 0 aromatic heterocycles. The fourth-order valence-corrected chi connectivity index (χ4v) is 5.72. The van der Waals surface area contributed by atoms with Crippen LogP contribution in [0.25, 0.3) is 0 Å². The molecule has 1 heterocycles. The van der Waals surface area contributed by atoms with Gasteiger partial charge in [0.1, 0.15) is 6.54 Å². The number of amides is 2. The molecule has 1 aliphatic heterocycles. The molecule has 0 radical (unpaired) electrons. The normalized spacial score (nSPS) is 15.2. The number of nitrogens with one attached hydrogen (secondary N) is 2. The number of hydrogen-bond acceptors (Lipinski definition) is 5. The van der Waals surface area contributed by atoms with Crippen LogP contribution >= 0.6 is 23.2 Å². The van der Waals surface area contributed by atoms with Gasteiger partial charge in [0.25, 0.3) is 15.9 Å². The first-order valence-electron chi connectivity index (χ1n) is 12.0. The number of ether oxygens (including phenoxy) is 1. The Morgan fingerprint density at radius 2 is 1.76 bits per heavy atom. The summed E-state index contributed by atoms with van der Waals surface area (Å²) in [7, 11) is -4.15. The highest BCUT2D eigenvalue weighted by molar-refractivity contribution is 7.92. The smallest absolute Gasteiger partial charge is 0.264 e. The number of rotatable bonds is 9. The number of halogens is 2. The number of carbonyl (C=O) groups is 2. The van der Waals surface area contributed by atoms with E-state index in [2.05, 4.69) is 10.6 Å². The molecule has 3 aromatic rings. The molecule has 0 spiro atoms. The molecule has 1 saturated heterocycles. The Kier molecular flexibility index (Phi) is 8.94. The zero-order valence-electron chi connectivity index (χ0n) is 20.6. The number of anilines is 2. The van der Waals surface area contributed by atoms with Gasteiger partial charge in [-0.25, -0.2) is 8.42 Å². The molecule has 8 nitrogen and oxygen atoms in total. The van der Waals surface area contributed by atoms with Gasteiger partial charge in [-0.05, 0) is 62.2 Å². The number of nitrogens with zero attached hydrogens (tertiary/aromatic N) is 1. The number of benzene rings is 3. The van der Waals surface area contributed by atoms with Gasteiger partial charge in [-0.1, -0.05) is 53.0 Å². The Balaban J connectivity index is 1.57. The van der Waals surface area contributed by atoms with Gasteiger partial charge in [-0.15, -0.1) is 0 Å². The van der Waals surface area contributed by atoms with Crippen molar-refractivity contribution < 1.29 is 22.7 Å². The van der Waals surface area contributed by atoms with Crippen molar-refractivity contribution in [3.63, 3.8) is 0 Å². The topological polar surface area (TPSA) is 105 Å². The van der Waals surface area contributed by atoms with E-state index in [1.165, 1.54) is 30.3 Å². The second-order valence-corrected chi connectivity index (χ2v) is 11.5. The Hall–Kier alpha value is -3.11. The average Bonchev–Trinajstić information content (AvgIpc) is 3.42. The van der Waals surface area contributed by atoms with Crippen LogP contribution in [0.1, 0.15) is 28.8 Å². The van der Waals surface area contributed by atoms with Crippen LogP contribution in [0.5, 0.6) is 0 Å². The molecule has 38 heavy (non-hydrogen) atoms. The Bertz CT molecular complexity index is 1420. The number of hydrogen-bond donors (Lipinski definition) is 2. The molecule has 0 unspecified atom stereocenters. The second-order valence-electron chi connectivity index (χ2n) is 8.86. The lowest BCUT2D eigenvalue weighted by Gasteiger charge is -2.25. The van der Waals surface area contributed by atoms with Gasteiger partial charge in [0.2, 0.25) is 5.91 Å². The standard InChI is InChI=1S/C27H27Cl2N3O5S/c1-18-8-11-21(12-9-18)38(35,36)32(19-10-13-23(28)24(29)15-19)17-26(33)31-25-7-3-2-6-22(25)27(34)30-16-20-5-4-14-37-20/h2-3,6-13,15,20H,4-5,14,16-17H2,1H3,(H,30,34)(H,31,33)/t20-/m1/s1. The number of carbonyl (C=O) groups excluding carboxylic acids is 2. The fraction of sp³-hybridized carbons (Fsp3) is 0.259. The highest BCUT2D eigenvalue weighted by Gasteiger charge is 2.28. The Morgan fingerprint density at radius 3 is 2.45 bits per heavy atom. The van der Waals surface area contributed by atoms with Crippen LogP contribution in [0.2, 0.25) is 10.0 Å². The first-order chi connectivity index (χ1) is 18.1. The minimum absolute atomic E-state index is 0.0101. The molecular weight excluding hydrogens is 549 g/mol. The largest absolute Gasteiger partial charge is 0.376 e. The lowest BCUT2D eigenvalue weighted by atomic mass is 10.1. The van der Waals surface area contributed by atoms with Crippen LogP contribution in [0.4, 0.5) is 11.4 Å². The first-order valence-corrected chi connectivity index (χ1v) is 14.2. The summed E-state index contributed by atoms with van der Waals surface area (Å²) >= 11 is 12.2. The first kappa shape index (κ1) is 27.9. The monoisotopic (exact) mass is 575 g/mol. The summed E-state index contributed by atoms with van der Waals surface area (Å²) in [6.45, 7) is 2.31. The second kappa shape index (κ2) is 12.2. The highest BCUT2D eigenvalue weighted by atomic mass is 35.5. The minimum Gasteiger partial charge on any atom is -0.376 e. The van der Waals surface area contributed by atoms with Crippen LogP contribution in [-0.2, 0) is 19.6 Å². The summed E-state index contributed by atoms with van der Waals surface area (Å²) in [5.41, 5.74) is 1.56. The molecule has 0 saturated carbocycles. The summed E-state index contributed by atoms with van der Waals surface area (Å²) in [6.07, 6.45) is 1.79. The van der Waals surface area contributed by atoms with E-state index in [0.29, 0.717) is 13.2 Å². The van der Waals surface area contributed by atoms with Gasteiger partial charge < -0.3 is 15.4 Å². The Morgan fingerprint density at radius 1 is 1.03 bits per heavy atom. The van der Waals surface area contributed by atoms with Crippen LogP contribution < -0.4 is 14.9 Å². The third-order valence-electron chi connectivity index (χ3n) is 6.05. The summed E-state index contributed by atoms with van der Waals surface area (Å²) in [6, 6.07) is 17.1. The van der Waals surface area contributed by atoms with Crippen molar-refractivity contribution in [2.24, 2.45) is 0 Å². The summed E-state index contributed by atoms with van der Waals surface area (Å²) < 4.78 is 33.7. The van der Waals surface area contributed by atoms with Gasteiger partial charge in [-0.2, -0.15) is 0 Å². The van der Waals surface area contributed by atoms with E-state index in [1.807, 2.05) is 6.92 Å². The number of aryl methyl sites for hydroxylation is 1. The molecule has 3 aromatic carbocycles. The molecule has 0 bridgehead atoms. The van der Waals surface area contributed by atoms with Crippen molar-refractivity contribution in [2.45, 2.75) is 30.8 Å². The lowest BCUT2D eigenvalue weighted by Crippen LogP contribution is -2.38. The van der Waals surface area contributed by atoms with E-state index in [4.69, 9.17) is 27.9 Å². The van der Waals surface area contributed by atoms with Crippen molar-refractivity contribution in [3.05, 3.63) is 87.9 Å². The van der Waals surface area contributed by atoms with E-state index in [9.17, 15) is 18.0 Å². The molecule has 1 fully saturated rings. The average molecular weight is 577 g/mol. The summed E-state index contributed by atoms with van der Waals surface area (Å²) in [5.74, 6) is -1.02. The molecule has 1 aliphatic rings. The van der Waals surface area contributed by atoms with Crippen molar-refractivity contribution in [2.75, 3.05) is 29.3 Å². The van der Waals surface area contributed by atoms with Crippen LogP contribution in [0.3, 0.4) is 0 Å². The van der Waals surface area contributed by atoms with Gasteiger partial charge in [0, 0.05) is 13.2 Å². The maximum atomic E-state index is 13.6. The summed E-state index contributed by atoms with van der Waals surface area (Å²) in [4.78, 5) is 26.0. The van der Waals surface area contributed by atoms with Gasteiger partial charge in [-0.3, -0.25) is 13.9 Å². The van der Waals surface area contributed by atoms with Crippen molar-refractivity contribution in [1.82, 2.24) is 5.32 Å². The lowest BCUT2D eigenvalue weighted by molar-refractivity contribution is -0.114. The zero-order chi connectivity index (χ0) is 27.3. The van der Waals surface area contributed by atoms with Crippen molar-refractivity contribution >= 4 is 56.4 Å². The van der Waals surface area contributed by atoms with E-state index in [-0.39, 0.29) is 43.9 Å². The molecule has 200 valence electrons. The Labute approximate surface area is 231 Å². The van der Waals surface area contributed by atoms with Crippen molar-refractivity contribution in [1.29, 1.82) is 0 Å². The third kappa shape index (κ3) is 6.66. The van der Waals surface area contributed by atoms with Crippen LogP contribution in [0, 0.1) is 6.92 Å². The molecule has 11 heteroatoms. The molecule has 4 rings (SSSR count). The van der Waals surface area contributed by atoms with E-state index in [0.717, 1.165) is 22.7 Å². The van der Waals surface area contributed by atoms with Crippen LogP contribution in [-0.4, -0.2) is 46.0 Å². The highest BCUT2D eigenvalue weighted by Crippen LogP contribution is 2.31. The number of sulfonamides is 1. The van der Waals surface area contributed by atoms with Crippen molar-refractivity contribution in [3.8, 4) is 0 Å². The SMILES string of the molecule is Cc1ccc(S(=O)(=O)N(CC(=O)Nc2ccccc2C(=O)NC[C@H]2CCCO2)c2ccc(Cl)c(Cl)c2)cc1.